The van der Waals surface area contributed by atoms with Crippen LogP contribution in [0.5, 0.6) is 0 Å². The number of carbonyl (C=O) groups excluding carboxylic acids is 1. The van der Waals surface area contributed by atoms with Crippen LogP contribution in [0.3, 0.4) is 0 Å². The summed E-state index contributed by atoms with van der Waals surface area (Å²) < 4.78 is 5.22. The van der Waals surface area contributed by atoms with Crippen molar-refractivity contribution in [2.45, 2.75) is 33.2 Å². The summed E-state index contributed by atoms with van der Waals surface area (Å²) in [4.78, 5) is 14.4. The highest BCUT2D eigenvalue weighted by atomic mass is 16.3. The average Bonchev–Trinajstić information content (AvgIpc) is 3.15. The van der Waals surface area contributed by atoms with Crippen molar-refractivity contribution >= 4 is 11.7 Å². The number of carbonyl (C=O) groups is 1. The Morgan fingerprint density at radius 1 is 1.40 bits per heavy atom. The zero-order valence-corrected chi connectivity index (χ0v) is 14.5. The summed E-state index contributed by atoms with van der Waals surface area (Å²) in [5.41, 5.74) is 2.21. The number of hydrogen-bond acceptors (Lipinski definition) is 6. The van der Waals surface area contributed by atoms with Crippen LogP contribution in [-0.4, -0.2) is 29.2 Å². The molecular weight excluding hydrogens is 318 g/mol. The zero-order chi connectivity index (χ0) is 17.8. The predicted octanol–water partition coefficient (Wildman–Crippen LogP) is 2.09. The van der Waals surface area contributed by atoms with Gasteiger partial charge in [0, 0.05) is 19.0 Å². The number of furan rings is 1. The van der Waals surface area contributed by atoms with Crippen molar-refractivity contribution in [2.75, 3.05) is 18.0 Å². The van der Waals surface area contributed by atoms with Gasteiger partial charge in [-0.25, -0.2) is 0 Å². The van der Waals surface area contributed by atoms with Gasteiger partial charge in [-0.05, 0) is 44.4 Å². The molecule has 25 heavy (non-hydrogen) atoms. The number of anilines is 1. The molecule has 1 aliphatic heterocycles. The average molecular weight is 339 g/mol. The fraction of sp³-hybridized carbons (Fsp3) is 0.444. The minimum Gasteiger partial charge on any atom is -0.467 e. The van der Waals surface area contributed by atoms with Gasteiger partial charge in [0.1, 0.15) is 17.4 Å². The second kappa shape index (κ2) is 7.34. The van der Waals surface area contributed by atoms with Gasteiger partial charge in [-0.2, -0.15) is 10.4 Å². The van der Waals surface area contributed by atoms with E-state index in [9.17, 15) is 10.1 Å². The van der Waals surface area contributed by atoms with Crippen LogP contribution >= 0.6 is 0 Å². The summed E-state index contributed by atoms with van der Waals surface area (Å²) in [5, 5.41) is 20.7. The van der Waals surface area contributed by atoms with E-state index in [-0.39, 0.29) is 11.8 Å². The number of piperidine rings is 1. The first-order valence-electron chi connectivity index (χ1n) is 8.39. The predicted molar refractivity (Wildman–Crippen MR) is 91.7 cm³/mol. The Morgan fingerprint density at radius 2 is 2.16 bits per heavy atom. The maximum absolute atomic E-state index is 12.3. The molecule has 1 fully saturated rings. The number of nitrogens with one attached hydrogen (secondary N) is 1. The highest BCUT2D eigenvalue weighted by molar-refractivity contribution is 5.79. The molecule has 0 unspecified atom stereocenters. The highest BCUT2D eigenvalue weighted by Gasteiger charge is 2.27. The van der Waals surface area contributed by atoms with Crippen molar-refractivity contribution in [1.29, 1.82) is 5.26 Å². The minimum atomic E-state index is -0.0312. The zero-order valence-electron chi connectivity index (χ0n) is 14.5. The van der Waals surface area contributed by atoms with Gasteiger partial charge in [0.25, 0.3) is 0 Å². The minimum absolute atomic E-state index is 0.0312. The van der Waals surface area contributed by atoms with Gasteiger partial charge in [-0.3, -0.25) is 4.79 Å². The van der Waals surface area contributed by atoms with Crippen molar-refractivity contribution in [3.63, 3.8) is 0 Å². The van der Waals surface area contributed by atoms with Crippen LogP contribution in [0.2, 0.25) is 0 Å². The number of aryl methyl sites for hydroxylation is 1. The van der Waals surface area contributed by atoms with Crippen LogP contribution < -0.4 is 10.2 Å². The molecule has 1 aliphatic rings. The molecule has 0 spiro atoms. The molecule has 0 bridgehead atoms. The fourth-order valence-corrected chi connectivity index (χ4v) is 3.04. The van der Waals surface area contributed by atoms with Crippen molar-refractivity contribution in [3.05, 3.63) is 41.0 Å². The van der Waals surface area contributed by atoms with Gasteiger partial charge >= 0.3 is 0 Å². The van der Waals surface area contributed by atoms with E-state index in [1.165, 1.54) is 0 Å². The van der Waals surface area contributed by atoms with Crippen LogP contribution in [-0.2, 0) is 11.3 Å². The number of rotatable bonds is 4. The van der Waals surface area contributed by atoms with Crippen LogP contribution in [0, 0.1) is 31.1 Å². The van der Waals surface area contributed by atoms with Crippen LogP contribution in [0.4, 0.5) is 5.82 Å². The third-order valence-electron chi connectivity index (χ3n) is 4.73. The lowest BCUT2D eigenvalue weighted by Gasteiger charge is -2.32. The molecule has 0 aromatic carbocycles. The van der Waals surface area contributed by atoms with E-state index in [2.05, 4.69) is 21.6 Å². The summed E-state index contributed by atoms with van der Waals surface area (Å²) in [6, 6.07) is 5.88. The number of amides is 1. The highest BCUT2D eigenvalue weighted by Crippen LogP contribution is 2.26. The maximum Gasteiger partial charge on any atom is 0.223 e. The SMILES string of the molecule is Cc1nnc(N2CCC(C(=O)NCc3ccco3)CC2)c(C#N)c1C. The third-order valence-corrected chi connectivity index (χ3v) is 4.73. The van der Waals surface area contributed by atoms with Crippen LogP contribution in [0.15, 0.2) is 22.8 Å². The van der Waals surface area contributed by atoms with Crippen molar-refractivity contribution in [1.82, 2.24) is 15.5 Å². The van der Waals surface area contributed by atoms with Gasteiger partial charge in [-0.1, -0.05) is 0 Å². The molecule has 1 amide bonds. The quantitative estimate of drug-likeness (QED) is 0.916. The summed E-state index contributed by atoms with van der Waals surface area (Å²) in [6.45, 7) is 5.52. The van der Waals surface area contributed by atoms with E-state index in [0.29, 0.717) is 31.0 Å². The molecule has 3 heterocycles. The summed E-state index contributed by atoms with van der Waals surface area (Å²) >= 11 is 0. The van der Waals surface area contributed by atoms with Crippen LogP contribution in [0.1, 0.15) is 35.4 Å². The fourth-order valence-electron chi connectivity index (χ4n) is 3.04. The first-order valence-corrected chi connectivity index (χ1v) is 8.39. The summed E-state index contributed by atoms with van der Waals surface area (Å²) in [5.74, 6) is 1.38. The molecule has 1 N–H and O–H groups in total. The molecule has 130 valence electrons. The van der Waals surface area contributed by atoms with Gasteiger partial charge < -0.3 is 14.6 Å². The first-order chi connectivity index (χ1) is 12.1. The largest absolute Gasteiger partial charge is 0.467 e. The Bertz CT molecular complexity index is 787. The topological polar surface area (TPSA) is 95.1 Å². The molecular formula is C18H21N5O2. The molecule has 2 aromatic rings. The lowest BCUT2D eigenvalue weighted by molar-refractivity contribution is -0.125. The Balaban J connectivity index is 1.60. The summed E-state index contributed by atoms with van der Waals surface area (Å²) in [6.07, 6.45) is 3.05. The molecule has 3 rings (SSSR count). The second-order valence-corrected chi connectivity index (χ2v) is 6.28. The van der Waals surface area contributed by atoms with Crippen molar-refractivity contribution in [2.24, 2.45) is 5.92 Å². The molecule has 1 saturated heterocycles. The van der Waals surface area contributed by atoms with Gasteiger partial charge in [0.15, 0.2) is 5.82 Å². The van der Waals surface area contributed by atoms with Crippen molar-refractivity contribution < 1.29 is 9.21 Å². The molecule has 0 atom stereocenters. The Hall–Kier alpha value is -2.88. The summed E-state index contributed by atoms with van der Waals surface area (Å²) in [7, 11) is 0. The maximum atomic E-state index is 12.3. The number of nitriles is 1. The molecule has 7 heteroatoms. The van der Waals surface area contributed by atoms with Crippen molar-refractivity contribution in [3.8, 4) is 6.07 Å². The Morgan fingerprint density at radius 3 is 2.80 bits per heavy atom. The molecule has 0 radical (unpaired) electrons. The molecule has 2 aromatic heterocycles. The lowest BCUT2D eigenvalue weighted by Crippen LogP contribution is -2.41. The van der Waals surface area contributed by atoms with Gasteiger partial charge in [0.05, 0.1) is 18.5 Å². The standard InChI is InChI=1S/C18H21N5O2/c1-12-13(2)21-22-17(16(12)10-19)23-7-5-14(6-8-23)18(24)20-11-15-4-3-9-25-15/h3-4,9,14H,5-8,11H2,1-2H3,(H,20,24). The van der Waals surface area contributed by atoms with E-state index in [1.54, 1.807) is 12.3 Å². The van der Waals surface area contributed by atoms with Crippen LogP contribution in [0.25, 0.3) is 0 Å². The first kappa shape index (κ1) is 17.0. The van der Waals surface area contributed by atoms with E-state index in [1.807, 2.05) is 24.8 Å². The van der Waals surface area contributed by atoms with E-state index >= 15 is 0 Å². The monoisotopic (exact) mass is 339 g/mol. The lowest BCUT2D eigenvalue weighted by atomic mass is 9.95. The molecule has 7 nitrogen and oxygen atoms in total. The Labute approximate surface area is 146 Å². The molecule has 0 aliphatic carbocycles. The van der Waals surface area contributed by atoms with E-state index in [4.69, 9.17) is 4.42 Å². The Kier molecular flexibility index (Phi) is 4.98. The number of aromatic nitrogens is 2. The normalized spacial score (nSPS) is 15.0. The third kappa shape index (κ3) is 3.63. The van der Waals surface area contributed by atoms with Gasteiger partial charge in [-0.15, -0.1) is 5.10 Å². The van der Waals surface area contributed by atoms with E-state index < -0.39 is 0 Å². The number of nitrogens with zero attached hydrogens (tertiary/aromatic N) is 4. The smallest absolute Gasteiger partial charge is 0.223 e. The second-order valence-electron chi connectivity index (χ2n) is 6.28. The van der Waals surface area contributed by atoms with E-state index in [0.717, 1.165) is 29.9 Å². The van der Waals surface area contributed by atoms with Gasteiger partial charge in [0.2, 0.25) is 5.91 Å². The molecule has 0 saturated carbocycles. The number of hydrogen-bond donors (Lipinski definition) is 1.